The normalized spacial score (nSPS) is 13.5. The average molecular weight is 234 g/mol. The van der Waals surface area contributed by atoms with Gasteiger partial charge in [-0.05, 0) is 46.2 Å². The van der Waals surface area contributed by atoms with Gasteiger partial charge in [-0.1, -0.05) is 18.2 Å². The van der Waals surface area contributed by atoms with Gasteiger partial charge in [0.2, 0.25) is 0 Å². The highest BCUT2D eigenvalue weighted by atomic mass is 15.2. The molecule has 0 aromatic heterocycles. The molecule has 2 nitrogen and oxygen atoms in total. The summed E-state index contributed by atoms with van der Waals surface area (Å²) in [4.78, 5) is 2.34. The van der Waals surface area contributed by atoms with E-state index in [4.69, 9.17) is 0 Å². The first-order valence-corrected chi connectivity index (χ1v) is 6.35. The van der Waals surface area contributed by atoms with Gasteiger partial charge >= 0.3 is 0 Å². The van der Waals surface area contributed by atoms with Crippen LogP contribution < -0.4 is 10.2 Å². The lowest BCUT2D eigenvalue weighted by Gasteiger charge is -2.31. The second kappa shape index (κ2) is 5.54. The van der Waals surface area contributed by atoms with Crippen molar-refractivity contribution >= 4 is 5.69 Å². The van der Waals surface area contributed by atoms with E-state index in [0.717, 1.165) is 6.54 Å². The zero-order valence-electron chi connectivity index (χ0n) is 12.0. The molecule has 0 radical (unpaired) electrons. The molecule has 0 amide bonds. The number of nitrogens with one attached hydrogen (secondary N) is 1. The van der Waals surface area contributed by atoms with E-state index in [-0.39, 0.29) is 5.54 Å². The van der Waals surface area contributed by atoms with Crippen molar-refractivity contribution in [3.63, 3.8) is 0 Å². The minimum Gasteiger partial charge on any atom is -0.370 e. The third kappa shape index (κ3) is 4.39. The summed E-state index contributed by atoms with van der Waals surface area (Å²) in [5.41, 5.74) is 2.83. The van der Waals surface area contributed by atoms with E-state index in [2.05, 4.69) is 76.1 Å². The molecule has 96 valence electrons. The van der Waals surface area contributed by atoms with Gasteiger partial charge in [0.15, 0.2) is 0 Å². The van der Waals surface area contributed by atoms with Crippen molar-refractivity contribution in [2.45, 2.75) is 46.2 Å². The lowest BCUT2D eigenvalue weighted by molar-refractivity contribution is 0.408. The van der Waals surface area contributed by atoms with Crippen LogP contribution in [0.3, 0.4) is 0 Å². The quantitative estimate of drug-likeness (QED) is 0.860. The molecule has 0 bridgehead atoms. The van der Waals surface area contributed by atoms with Crippen LogP contribution in [0.15, 0.2) is 24.3 Å². The highest BCUT2D eigenvalue weighted by Gasteiger charge is 2.15. The summed E-state index contributed by atoms with van der Waals surface area (Å²) in [6.45, 7) is 12.0. The summed E-state index contributed by atoms with van der Waals surface area (Å²) in [6.07, 6.45) is 0. The van der Waals surface area contributed by atoms with Crippen molar-refractivity contribution in [2.75, 3.05) is 18.5 Å². The minimum atomic E-state index is 0.181. The minimum absolute atomic E-state index is 0.181. The molecule has 2 heteroatoms. The molecule has 0 aliphatic heterocycles. The molecule has 1 aromatic carbocycles. The number of hydrogen-bond acceptors (Lipinski definition) is 2. The molecule has 0 aliphatic rings. The second-order valence-corrected chi connectivity index (χ2v) is 5.88. The second-order valence-electron chi connectivity index (χ2n) is 5.88. The van der Waals surface area contributed by atoms with Crippen LogP contribution in [-0.2, 0) is 0 Å². The summed E-state index contributed by atoms with van der Waals surface area (Å²) in [5, 5.41) is 3.55. The van der Waals surface area contributed by atoms with Crippen molar-refractivity contribution in [1.82, 2.24) is 5.32 Å². The topological polar surface area (TPSA) is 15.3 Å². The maximum atomic E-state index is 3.55. The standard InChI is InChI=1S/C15H26N2/c1-12-9-7-8-10-14(12)17(6)13(2)11-16-15(3,4)5/h7-10,13,16H,11H2,1-6H3. The van der Waals surface area contributed by atoms with Gasteiger partial charge in [0.05, 0.1) is 0 Å². The number of para-hydroxylation sites is 1. The van der Waals surface area contributed by atoms with Gasteiger partial charge in [-0.15, -0.1) is 0 Å². The Hall–Kier alpha value is -1.02. The van der Waals surface area contributed by atoms with Crippen LogP contribution in [-0.4, -0.2) is 25.2 Å². The fourth-order valence-electron chi connectivity index (χ4n) is 1.79. The Morgan fingerprint density at radius 3 is 2.35 bits per heavy atom. The fourth-order valence-corrected chi connectivity index (χ4v) is 1.79. The van der Waals surface area contributed by atoms with Gasteiger partial charge in [-0.3, -0.25) is 0 Å². The fraction of sp³-hybridized carbons (Fsp3) is 0.600. The van der Waals surface area contributed by atoms with Gasteiger partial charge < -0.3 is 10.2 Å². The van der Waals surface area contributed by atoms with Crippen LogP contribution in [0.4, 0.5) is 5.69 Å². The Labute approximate surface area is 106 Å². The van der Waals surface area contributed by atoms with Gasteiger partial charge in [0.1, 0.15) is 0 Å². The van der Waals surface area contributed by atoms with Crippen LogP contribution in [0.2, 0.25) is 0 Å². The van der Waals surface area contributed by atoms with Crippen molar-refractivity contribution < 1.29 is 0 Å². The van der Waals surface area contributed by atoms with E-state index in [9.17, 15) is 0 Å². The maximum Gasteiger partial charge on any atom is 0.0396 e. The highest BCUT2D eigenvalue weighted by Crippen LogP contribution is 2.19. The first-order valence-electron chi connectivity index (χ1n) is 6.35. The molecule has 0 heterocycles. The number of anilines is 1. The number of rotatable bonds is 4. The van der Waals surface area contributed by atoms with Gasteiger partial charge in [-0.2, -0.15) is 0 Å². The predicted molar refractivity (Wildman–Crippen MR) is 76.8 cm³/mol. The van der Waals surface area contributed by atoms with Crippen LogP contribution in [0, 0.1) is 6.92 Å². The highest BCUT2D eigenvalue weighted by molar-refractivity contribution is 5.53. The Morgan fingerprint density at radius 2 is 1.82 bits per heavy atom. The van der Waals surface area contributed by atoms with E-state index in [1.54, 1.807) is 0 Å². The molecule has 0 aliphatic carbocycles. The van der Waals surface area contributed by atoms with E-state index in [1.165, 1.54) is 11.3 Å². The third-order valence-corrected chi connectivity index (χ3v) is 3.08. The summed E-state index contributed by atoms with van der Waals surface area (Å²) >= 11 is 0. The number of hydrogen-bond donors (Lipinski definition) is 1. The summed E-state index contributed by atoms with van der Waals surface area (Å²) < 4.78 is 0. The zero-order chi connectivity index (χ0) is 13.1. The van der Waals surface area contributed by atoms with E-state index in [1.807, 2.05) is 0 Å². The largest absolute Gasteiger partial charge is 0.370 e. The number of aryl methyl sites for hydroxylation is 1. The average Bonchev–Trinajstić information content (AvgIpc) is 2.24. The Bertz CT molecular complexity index is 352. The Morgan fingerprint density at radius 1 is 1.24 bits per heavy atom. The van der Waals surface area contributed by atoms with Crippen molar-refractivity contribution in [2.24, 2.45) is 0 Å². The molecule has 0 saturated carbocycles. The molecule has 0 fully saturated rings. The van der Waals surface area contributed by atoms with Crippen LogP contribution >= 0.6 is 0 Å². The maximum absolute atomic E-state index is 3.55. The van der Waals surface area contributed by atoms with Gasteiger partial charge in [0, 0.05) is 30.9 Å². The molecule has 1 unspecified atom stereocenters. The molecular weight excluding hydrogens is 208 g/mol. The van der Waals surface area contributed by atoms with Gasteiger partial charge in [0.25, 0.3) is 0 Å². The molecular formula is C15H26N2. The predicted octanol–water partition coefficient (Wildman–Crippen LogP) is 3.21. The monoisotopic (exact) mass is 234 g/mol. The summed E-state index contributed by atoms with van der Waals surface area (Å²) in [7, 11) is 2.16. The Balaban J connectivity index is 2.64. The first-order chi connectivity index (χ1) is 7.81. The first kappa shape index (κ1) is 14.0. The smallest absolute Gasteiger partial charge is 0.0396 e. The zero-order valence-corrected chi connectivity index (χ0v) is 12.0. The number of benzene rings is 1. The lowest BCUT2D eigenvalue weighted by atomic mass is 10.1. The van der Waals surface area contributed by atoms with E-state index in [0.29, 0.717) is 6.04 Å². The summed E-state index contributed by atoms with van der Waals surface area (Å²) in [6, 6.07) is 9.02. The molecule has 1 N–H and O–H groups in total. The van der Waals surface area contributed by atoms with E-state index < -0.39 is 0 Å². The molecule has 0 spiro atoms. The van der Waals surface area contributed by atoms with Crippen molar-refractivity contribution in [1.29, 1.82) is 0 Å². The molecule has 1 atom stereocenters. The third-order valence-electron chi connectivity index (χ3n) is 3.08. The molecule has 1 rings (SSSR count). The van der Waals surface area contributed by atoms with Crippen molar-refractivity contribution in [3.05, 3.63) is 29.8 Å². The molecule has 1 aromatic rings. The van der Waals surface area contributed by atoms with Crippen LogP contribution in [0.5, 0.6) is 0 Å². The van der Waals surface area contributed by atoms with Crippen molar-refractivity contribution in [3.8, 4) is 0 Å². The molecule has 0 saturated heterocycles. The summed E-state index contributed by atoms with van der Waals surface area (Å²) in [5.74, 6) is 0. The molecule has 17 heavy (non-hydrogen) atoms. The SMILES string of the molecule is Cc1ccccc1N(C)C(C)CNC(C)(C)C. The number of likely N-dealkylation sites (N-methyl/N-ethyl adjacent to an activating group) is 1. The Kier molecular flexibility index (Phi) is 4.58. The lowest BCUT2D eigenvalue weighted by Crippen LogP contribution is -2.45. The number of nitrogens with zero attached hydrogens (tertiary/aromatic N) is 1. The van der Waals surface area contributed by atoms with Gasteiger partial charge in [-0.25, -0.2) is 0 Å². The van der Waals surface area contributed by atoms with E-state index >= 15 is 0 Å². The van der Waals surface area contributed by atoms with Crippen LogP contribution in [0.1, 0.15) is 33.3 Å². The van der Waals surface area contributed by atoms with Crippen LogP contribution in [0.25, 0.3) is 0 Å².